The van der Waals surface area contributed by atoms with Crippen molar-refractivity contribution in [1.82, 2.24) is 5.32 Å². The lowest BCUT2D eigenvalue weighted by Crippen LogP contribution is -2.35. The minimum absolute atomic E-state index is 0.0227. The van der Waals surface area contributed by atoms with Crippen molar-refractivity contribution in [3.8, 4) is 5.75 Å². The fourth-order valence-corrected chi connectivity index (χ4v) is 2.04. The molecule has 126 valence electrons. The summed E-state index contributed by atoms with van der Waals surface area (Å²) in [4.78, 5) is 23.5. The van der Waals surface area contributed by atoms with E-state index in [1.54, 1.807) is 5.32 Å². The van der Waals surface area contributed by atoms with E-state index in [1.807, 2.05) is 5.32 Å². The lowest BCUT2D eigenvalue weighted by Gasteiger charge is -2.11. The highest BCUT2D eigenvalue weighted by Crippen LogP contribution is 2.30. The van der Waals surface area contributed by atoms with Gasteiger partial charge in [-0.15, -0.1) is 0 Å². The standard InChI is InChI=1S/C15H10ClF3N2O3/c1-24-12-6-11(10(19)5-7(12)16)20-15(23)21-14(22)13-8(17)3-2-4-9(13)18/h2-6H,1H3,(H2,20,21,22,23). The van der Waals surface area contributed by atoms with Crippen molar-refractivity contribution in [2.75, 3.05) is 12.4 Å². The van der Waals surface area contributed by atoms with Gasteiger partial charge in [0.2, 0.25) is 0 Å². The molecule has 0 heterocycles. The van der Waals surface area contributed by atoms with Gasteiger partial charge in [-0.25, -0.2) is 18.0 Å². The molecule has 2 N–H and O–H groups in total. The highest BCUT2D eigenvalue weighted by molar-refractivity contribution is 6.32. The quantitative estimate of drug-likeness (QED) is 0.878. The van der Waals surface area contributed by atoms with Crippen LogP contribution in [0.5, 0.6) is 5.75 Å². The smallest absolute Gasteiger partial charge is 0.326 e. The Kier molecular flexibility index (Phi) is 5.30. The van der Waals surface area contributed by atoms with Gasteiger partial charge in [0, 0.05) is 6.07 Å². The Morgan fingerprint density at radius 3 is 2.29 bits per heavy atom. The summed E-state index contributed by atoms with van der Waals surface area (Å²) in [6.07, 6.45) is 0. The number of imide groups is 1. The molecule has 0 spiro atoms. The number of hydrogen-bond donors (Lipinski definition) is 2. The number of nitrogens with one attached hydrogen (secondary N) is 2. The average Bonchev–Trinajstić information content (AvgIpc) is 2.49. The zero-order valence-electron chi connectivity index (χ0n) is 12.1. The van der Waals surface area contributed by atoms with Gasteiger partial charge < -0.3 is 10.1 Å². The van der Waals surface area contributed by atoms with Crippen LogP contribution in [0.15, 0.2) is 30.3 Å². The van der Waals surface area contributed by atoms with Gasteiger partial charge in [-0.05, 0) is 18.2 Å². The van der Waals surface area contributed by atoms with Crippen LogP contribution in [-0.2, 0) is 0 Å². The second-order valence-corrected chi connectivity index (χ2v) is 4.88. The van der Waals surface area contributed by atoms with Gasteiger partial charge in [-0.2, -0.15) is 0 Å². The molecule has 9 heteroatoms. The van der Waals surface area contributed by atoms with Crippen molar-refractivity contribution in [3.05, 3.63) is 58.4 Å². The molecule has 0 aromatic heterocycles. The molecule has 0 radical (unpaired) electrons. The van der Waals surface area contributed by atoms with E-state index in [0.29, 0.717) is 0 Å². The maximum atomic E-state index is 13.7. The molecule has 0 aliphatic heterocycles. The van der Waals surface area contributed by atoms with Crippen LogP contribution < -0.4 is 15.4 Å². The van der Waals surface area contributed by atoms with Crippen molar-refractivity contribution in [3.63, 3.8) is 0 Å². The zero-order chi connectivity index (χ0) is 17.9. The number of amides is 3. The van der Waals surface area contributed by atoms with E-state index >= 15 is 0 Å². The zero-order valence-corrected chi connectivity index (χ0v) is 12.9. The molecule has 24 heavy (non-hydrogen) atoms. The summed E-state index contributed by atoms with van der Waals surface area (Å²) in [5.74, 6) is -4.40. The van der Waals surface area contributed by atoms with Crippen molar-refractivity contribution >= 4 is 29.2 Å². The topological polar surface area (TPSA) is 67.4 Å². The second kappa shape index (κ2) is 7.22. The Labute approximate surface area is 139 Å². The average molecular weight is 359 g/mol. The first-order valence-electron chi connectivity index (χ1n) is 6.43. The number of urea groups is 1. The van der Waals surface area contributed by atoms with Crippen LogP contribution >= 0.6 is 11.6 Å². The van der Waals surface area contributed by atoms with E-state index in [2.05, 4.69) is 0 Å². The van der Waals surface area contributed by atoms with E-state index in [9.17, 15) is 22.8 Å². The minimum atomic E-state index is -1.32. The molecule has 0 aliphatic rings. The highest BCUT2D eigenvalue weighted by atomic mass is 35.5. The van der Waals surface area contributed by atoms with Crippen LogP contribution in [0.4, 0.5) is 23.7 Å². The molecule has 0 unspecified atom stereocenters. The van der Waals surface area contributed by atoms with E-state index in [1.165, 1.54) is 7.11 Å². The molecule has 0 fully saturated rings. The molecular formula is C15H10ClF3N2O3. The molecule has 5 nitrogen and oxygen atoms in total. The largest absolute Gasteiger partial charge is 0.495 e. The van der Waals surface area contributed by atoms with Gasteiger partial charge in [-0.1, -0.05) is 17.7 Å². The van der Waals surface area contributed by atoms with Crippen LogP contribution in [0.3, 0.4) is 0 Å². The SMILES string of the molecule is COc1cc(NC(=O)NC(=O)c2c(F)cccc2F)c(F)cc1Cl. The molecule has 0 bridgehead atoms. The Bertz CT molecular complexity index is 795. The number of rotatable bonds is 3. The fraction of sp³-hybridized carbons (Fsp3) is 0.0667. The Morgan fingerprint density at radius 2 is 1.71 bits per heavy atom. The summed E-state index contributed by atoms with van der Waals surface area (Å²) in [7, 11) is 1.29. The summed E-state index contributed by atoms with van der Waals surface area (Å²) in [6, 6.07) is 3.58. The van der Waals surface area contributed by atoms with Gasteiger partial charge in [0.25, 0.3) is 5.91 Å². The molecule has 2 aromatic carbocycles. The van der Waals surface area contributed by atoms with Crippen LogP contribution in [0.2, 0.25) is 5.02 Å². The normalized spacial score (nSPS) is 10.2. The number of benzene rings is 2. The summed E-state index contributed by atoms with van der Waals surface area (Å²) < 4.78 is 45.5. The number of carbonyl (C=O) groups excluding carboxylic acids is 2. The Hall–Kier alpha value is -2.74. The van der Waals surface area contributed by atoms with E-state index in [4.69, 9.17) is 16.3 Å². The first-order valence-corrected chi connectivity index (χ1v) is 6.80. The van der Waals surface area contributed by atoms with E-state index < -0.39 is 35.0 Å². The highest BCUT2D eigenvalue weighted by Gasteiger charge is 2.20. The predicted octanol–water partition coefficient (Wildman–Crippen LogP) is 3.73. The maximum Gasteiger partial charge on any atom is 0.326 e. The molecule has 2 rings (SSSR count). The molecule has 2 aromatic rings. The molecule has 3 amide bonds. The Balaban J connectivity index is 2.15. The van der Waals surface area contributed by atoms with Crippen molar-refractivity contribution in [1.29, 1.82) is 0 Å². The number of anilines is 1. The monoisotopic (exact) mass is 358 g/mol. The number of methoxy groups -OCH3 is 1. The van der Waals surface area contributed by atoms with Gasteiger partial charge in [0.05, 0.1) is 17.8 Å². The van der Waals surface area contributed by atoms with E-state index in [0.717, 1.165) is 30.3 Å². The third-order valence-corrected chi connectivity index (χ3v) is 3.20. The fourth-order valence-electron chi connectivity index (χ4n) is 1.82. The van der Waals surface area contributed by atoms with Crippen molar-refractivity contribution < 1.29 is 27.5 Å². The lowest BCUT2D eigenvalue weighted by molar-refractivity contribution is 0.0959. The first kappa shape index (κ1) is 17.6. The van der Waals surface area contributed by atoms with Gasteiger partial charge in [0.1, 0.15) is 28.8 Å². The summed E-state index contributed by atoms with van der Waals surface area (Å²) in [5.41, 5.74) is -1.27. The molecule has 0 atom stereocenters. The lowest BCUT2D eigenvalue weighted by atomic mass is 10.2. The van der Waals surface area contributed by atoms with Crippen LogP contribution in [0.1, 0.15) is 10.4 Å². The van der Waals surface area contributed by atoms with Crippen molar-refractivity contribution in [2.45, 2.75) is 0 Å². The van der Waals surface area contributed by atoms with Crippen LogP contribution in [0.25, 0.3) is 0 Å². The van der Waals surface area contributed by atoms with Crippen LogP contribution in [-0.4, -0.2) is 19.0 Å². The summed E-state index contributed by atoms with van der Waals surface area (Å²) in [5, 5.41) is 3.70. The molecule has 0 aliphatic carbocycles. The van der Waals surface area contributed by atoms with E-state index in [-0.39, 0.29) is 16.5 Å². The van der Waals surface area contributed by atoms with Gasteiger partial charge >= 0.3 is 6.03 Å². The second-order valence-electron chi connectivity index (χ2n) is 4.47. The third kappa shape index (κ3) is 3.77. The van der Waals surface area contributed by atoms with Crippen LogP contribution in [0, 0.1) is 17.5 Å². The molecule has 0 saturated carbocycles. The third-order valence-electron chi connectivity index (χ3n) is 2.91. The van der Waals surface area contributed by atoms with Crippen molar-refractivity contribution in [2.24, 2.45) is 0 Å². The molecular weight excluding hydrogens is 349 g/mol. The minimum Gasteiger partial charge on any atom is -0.495 e. The van der Waals surface area contributed by atoms with Gasteiger partial charge in [0.15, 0.2) is 0 Å². The summed E-state index contributed by atoms with van der Waals surface area (Å²) in [6.45, 7) is 0. The van der Waals surface area contributed by atoms with Gasteiger partial charge in [-0.3, -0.25) is 10.1 Å². The summed E-state index contributed by atoms with van der Waals surface area (Å²) >= 11 is 5.71. The molecule has 0 saturated heterocycles. The number of carbonyl (C=O) groups is 2. The Morgan fingerprint density at radius 1 is 1.08 bits per heavy atom. The first-order chi connectivity index (χ1) is 11.3. The number of ether oxygens (including phenoxy) is 1. The maximum absolute atomic E-state index is 13.7. The number of hydrogen-bond acceptors (Lipinski definition) is 3. The number of halogens is 4. The predicted molar refractivity (Wildman–Crippen MR) is 80.8 cm³/mol.